The molecule has 0 bridgehead atoms. The van der Waals surface area contributed by atoms with Crippen LogP contribution in [0.15, 0.2) is 66.4 Å². The van der Waals surface area contributed by atoms with Crippen LogP contribution in [0.1, 0.15) is 28.4 Å². The lowest BCUT2D eigenvalue weighted by Gasteiger charge is -2.10. The third-order valence-electron chi connectivity index (χ3n) is 4.63. The van der Waals surface area contributed by atoms with Crippen molar-refractivity contribution < 1.29 is 19.4 Å². The van der Waals surface area contributed by atoms with E-state index < -0.39 is 11.9 Å². The molecule has 0 saturated carbocycles. The van der Waals surface area contributed by atoms with E-state index in [1.165, 1.54) is 20.1 Å². The van der Waals surface area contributed by atoms with Crippen LogP contribution >= 0.6 is 0 Å². The van der Waals surface area contributed by atoms with Crippen LogP contribution in [-0.4, -0.2) is 29.1 Å². The number of carboxylic acid groups (broad SMARTS) is 1. The summed E-state index contributed by atoms with van der Waals surface area (Å²) in [5, 5.41) is 10.6. The molecule has 150 valence electrons. The zero-order chi connectivity index (χ0) is 21.8. The molecule has 1 amide bonds. The van der Waals surface area contributed by atoms with Crippen LogP contribution in [0.5, 0.6) is 5.75 Å². The highest BCUT2D eigenvalue weighted by molar-refractivity contribution is 6.02. The molecule has 0 atom stereocenters. The van der Waals surface area contributed by atoms with Crippen molar-refractivity contribution in [1.82, 2.24) is 4.98 Å². The SMILES string of the molecule is C=C(C#Cc1cc(OC)cc(C(N)=O)c1)/C(=C(\C)C(=O)O)c1ccc2cc[nH]c2c1. The molecule has 2 aromatic carbocycles. The monoisotopic (exact) mass is 400 g/mol. The molecule has 4 N–H and O–H groups in total. The van der Waals surface area contributed by atoms with Crippen molar-refractivity contribution in [3.63, 3.8) is 0 Å². The van der Waals surface area contributed by atoms with Gasteiger partial charge in [0.15, 0.2) is 0 Å². The molecular weight excluding hydrogens is 380 g/mol. The minimum absolute atomic E-state index is 0.128. The highest BCUT2D eigenvalue weighted by Crippen LogP contribution is 2.28. The van der Waals surface area contributed by atoms with Crippen LogP contribution in [-0.2, 0) is 4.79 Å². The first-order valence-electron chi connectivity index (χ1n) is 9.02. The van der Waals surface area contributed by atoms with E-state index in [9.17, 15) is 14.7 Å². The summed E-state index contributed by atoms with van der Waals surface area (Å²) in [6.45, 7) is 5.50. The number of rotatable bonds is 5. The third-order valence-corrected chi connectivity index (χ3v) is 4.63. The minimum Gasteiger partial charge on any atom is -0.497 e. The topological polar surface area (TPSA) is 105 Å². The normalized spacial score (nSPS) is 11.3. The van der Waals surface area contributed by atoms with Crippen LogP contribution in [0.25, 0.3) is 16.5 Å². The van der Waals surface area contributed by atoms with E-state index >= 15 is 0 Å². The van der Waals surface area contributed by atoms with Crippen molar-refractivity contribution in [3.8, 4) is 17.6 Å². The number of nitrogens with one attached hydrogen (secondary N) is 1. The van der Waals surface area contributed by atoms with Crippen molar-refractivity contribution in [1.29, 1.82) is 0 Å². The van der Waals surface area contributed by atoms with Gasteiger partial charge in [-0.2, -0.15) is 0 Å². The first kappa shape index (κ1) is 20.5. The van der Waals surface area contributed by atoms with Gasteiger partial charge in [0.25, 0.3) is 0 Å². The molecular formula is C24H20N2O4. The van der Waals surface area contributed by atoms with Gasteiger partial charge in [-0.15, -0.1) is 0 Å². The maximum Gasteiger partial charge on any atom is 0.331 e. The van der Waals surface area contributed by atoms with Gasteiger partial charge in [0.05, 0.1) is 7.11 Å². The minimum atomic E-state index is -1.06. The number of hydrogen-bond acceptors (Lipinski definition) is 3. The van der Waals surface area contributed by atoms with Crippen LogP contribution < -0.4 is 10.5 Å². The smallest absolute Gasteiger partial charge is 0.331 e. The fourth-order valence-corrected chi connectivity index (χ4v) is 3.07. The molecule has 0 aliphatic carbocycles. The second-order valence-electron chi connectivity index (χ2n) is 6.63. The predicted molar refractivity (Wildman–Crippen MR) is 116 cm³/mol. The summed E-state index contributed by atoms with van der Waals surface area (Å²) < 4.78 is 5.18. The van der Waals surface area contributed by atoms with Crippen molar-refractivity contribution in [2.24, 2.45) is 5.73 Å². The zero-order valence-electron chi connectivity index (χ0n) is 16.6. The lowest BCUT2D eigenvalue weighted by molar-refractivity contribution is -0.132. The summed E-state index contributed by atoms with van der Waals surface area (Å²) in [5.74, 6) is 4.61. The number of aliphatic carboxylic acids is 1. The van der Waals surface area contributed by atoms with Gasteiger partial charge in [0.1, 0.15) is 5.75 Å². The van der Waals surface area contributed by atoms with Crippen molar-refractivity contribution >= 4 is 28.4 Å². The Morgan fingerprint density at radius 1 is 1.13 bits per heavy atom. The summed E-state index contributed by atoms with van der Waals surface area (Å²) >= 11 is 0. The standard InChI is InChI=1S/C24H20N2O4/c1-14(4-5-16-10-19(23(25)27)12-20(11-16)30-3)22(15(2)24(28)29)18-7-6-17-8-9-26-21(17)13-18/h6-13,26H,1H2,2-3H3,(H2,25,27)(H,28,29)/b22-15-. The molecule has 0 aliphatic heterocycles. The van der Waals surface area contributed by atoms with Crippen LogP contribution in [0.2, 0.25) is 0 Å². The van der Waals surface area contributed by atoms with Crippen LogP contribution in [0.3, 0.4) is 0 Å². The molecule has 30 heavy (non-hydrogen) atoms. The third kappa shape index (κ3) is 4.26. The summed E-state index contributed by atoms with van der Waals surface area (Å²) in [5.41, 5.74) is 8.59. The fourth-order valence-electron chi connectivity index (χ4n) is 3.07. The van der Waals surface area contributed by atoms with E-state index in [1.54, 1.807) is 12.1 Å². The summed E-state index contributed by atoms with van der Waals surface area (Å²) in [4.78, 5) is 26.3. The largest absolute Gasteiger partial charge is 0.497 e. The molecule has 0 spiro atoms. The van der Waals surface area contributed by atoms with Crippen molar-refractivity contribution in [2.75, 3.05) is 7.11 Å². The Hall–Kier alpha value is -4.24. The number of hydrogen-bond donors (Lipinski definition) is 3. The molecule has 0 aliphatic rings. The van der Waals surface area contributed by atoms with Gasteiger partial charge in [-0.3, -0.25) is 4.79 Å². The summed E-state index contributed by atoms with van der Waals surface area (Å²) in [7, 11) is 1.48. The second-order valence-corrected chi connectivity index (χ2v) is 6.63. The molecule has 0 radical (unpaired) electrons. The van der Waals surface area contributed by atoms with Crippen molar-refractivity contribution in [2.45, 2.75) is 6.92 Å². The number of allylic oxidation sites excluding steroid dienone is 2. The summed E-state index contributed by atoms with van der Waals surface area (Å²) in [6, 6.07) is 12.3. The number of aromatic nitrogens is 1. The van der Waals surface area contributed by atoms with E-state index in [1.807, 2.05) is 30.5 Å². The van der Waals surface area contributed by atoms with E-state index in [4.69, 9.17) is 10.5 Å². The maximum absolute atomic E-state index is 11.7. The number of H-pyrrole nitrogens is 1. The molecule has 0 unspecified atom stereocenters. The molecule has 6 nitrogen and oxygen atoms in total. The zero-order valence-corrected chi connectivity index (χ0v) is 16.6. The van der Waals surface area contributed by atoms with Crippen molar-refractivity contribution in [3.05, 3.63) is 83.1 Å². The number of carbonyl (C=O) groups excluding carboxylic acids is 1. The lowest BCUT2D eigenvalue weighted by Crippen LogP contribution is -2.11. The maximum atomic E-state index is 11.7. The number of carbonyl (C=O) groups is 2. The number of primary amides is 1. The number of amides is 1. The van der Waals surface area contributed by atoms with E-state index in [-0.39, 0.29) is 11.1 Å². The lowest BCUT2D eigenvalue weighted by atomic mass is 9.93. The Morgan fingerprint density at radius 3 is 2.57 bits per heavy atom. The highest BCUT2D eigenvalue weighted by Gasteiger charge is 2.15. The second kappa shape index (κ2) is 8.41. The number of ether oxygens (including phenoxy) is 1. The average molecular weight is 400 g/mol. The van der Waals surface area contributed by atoms with Gasteiger partial charge in [-0.1, -0.05) is 30.6 Å². The molecule has 1 aromatic heterocycles. The van der Waals surface area contributed by atoms with Gasteiger partial charge in [-0.25, -0.2) is 4.79 Å². The van der Waals surface area contributed by atoms with Gasteiger partial charge in [0.2, 0.25) is 5.91 Å². The molecule has 3 rings (SSSR count). The van der Waals surface area contributed by atoms with Crippen LogP contribution in [0, 0.1) is 11.8 Å². The highest BCUT2D eigenvalue weighted by atomic mass is 16.5. The molecule has 0 fully saturated rings. The first-order chi connectivity index (χ1) is 14.3. The number of nitrogens with two attached hydrogens (primary N) is 1. The number of carboxylic acids is 1. The quantitative estimate of drug-likeness (QED) is 0.345. The molecule has 3 aromatic rings. The molecule has 6 heteroatoms. The number of methoxy groups -OCH3 is 1. The predicted octanol–water partition coefficient (Wildman–Crippen LogP) is 3.74. The van der Waals surface area contributed by atoms with Gasteiger partial charge < -0.3 is 20.6 Å². The van der Waals surface area contributed by atoms with E-state index in [2.05, 4.69) is 23.4 Å². The van der Waals surface area contributed by atoms with Gasteiger partial charge >= 0.3 is 5.97 Å². The van der Waals surface area contributed by atoms with E-state index in [0.717, 1.165) is 10.9 Å². The fraction of sp³-hybridized carbons (Fsp3) is 0.0833. The Balaban J connectivity index is 2.06. The Labute approximate surface area is 173 Å². The number of benzene rings is 2. The summed E-state index contributed by atoms with van der Waals surface area (Å²) in [6.07, 6.45) is 1.82. The number of aromatic amines is 1. The van der Waals surface area contributed by atoms with Gasteiger partial charge in [0, 0.05) is 39.6 Å². The molecule has 0 saturated heterocycles. The van der Waals surface area contributed by atoms with E-state index in [0.29, 0.717) is 28.0 Å². The first-order valence-corrected chi connectivity index (χ1v) is 9.02. The van der Waals surface area contributed by atoms with Gasteiger partial charge in [-0.05, 0) is 48.2 Å². The number of fused-ring (bicyclic) bond motifs is 1. The Kier molecular flexibility index (Phi) is 5.75. The Bertz CT molecular complexity index is 1270. The Morgan fingerprint density at radius 2 is 1.90 bits per heavy atom. The average Bonchev–Trinajstić information content (AvgIpc) is 3.20. The molecule has 1 heterocycles. The van der Waals surface area contributed by atoms with Crippen LogP contribution in [0.4, 0.5) is 0 Å².